The van der Waals surface area contributed by atoms with Crippen molar-refractivity contribution in [3.8, 4) is 0 Å². The van der Waals surface area contributed by atoms with Crippen LogP contribution in [0.1, 0.15) is 46.5 Å². The lowest BCUT2D eigenvalue weighted by Gasteiger charge is -2.45. The van der Waals surface area contributed by atoms with E-state index in [1.165, 1.54) is 25.7 Å². The van der Waals surface area contributed by atoms with E-state index in [2.05, 4.69) is 26.1 Å². The average Bonchev–Trinajstić information content (AvgIpc) is 2.12. The van der Waals surface area contributed by atoms with Gasteiger partial charge in [-0.2, -0.15) is 0 Å². The molecular formula is C12H23N. The minimum absolute atomic E-state index is 0.766. The van der Waals surface area contributed by atoms with Crippen molar-refractivity contribution in [2.75, 3.05) is 0 Å². The van der Waals surface area contributed by atoms with Gasteiger partial charge in [0, 0.05) is 12.1 Å². The molecule has 0 spiro atoms. The van der Waals surface area contributed by atoms with Gasteiger partial charge in [0.25, 0.3) is 0 Å². The zero-order chi connectivity index (χ0) is 9.42. The van der Waals surface area contributed by atoms with Gasteiger partial charge in [0.2, 0.25) is 0 Å². The molecule has 1 aliphatic heterocycles. The van der Waals surface area contributed by atoms with Crippen molar-refractivity contribution in [3.63, 3.8) is 0 Å². The number of fused-ring (bicyclic) bond motifs is 1. The van der Waals surface area contributed by atoms with E-state index in [4.69, 9.17) is 0 Å². The Bertz CT molecular complexity index is 178. The van der Waals surface area contributed by atoms with Crippen LogP contribution in [-0.2, 0) is 0 Å². The standard InChI is InChI=1S/C12H23N/c1-8-4-7-12-11(10(8)3)6-5-9(2)13-12/h8-13H,4-7H2,1-3H3. The lowest BCUT2D eigenvalue weighted by molar-refractivity contribution is 0.0893. The molecular weight excluding hydrogens is 158 g/mol. The van der Waals surface area contributed by atoms with E-state index in [0.717, 1.165) is 29.8 Å². The van der Waals surface area contributed by atoms with Crippen LogP contribution in [0.15, 0.2) is 0 Å². The van der Waals surface area contributed by atoms with Gasteiger partial charge in [0.05, 0.1) is 0 Å². The first-order valence-corrected chi connectivity index (χ1v) is 5.94. The van der Waals surface area contributed by atoms with Crippen molar-refractivity contribution in [1.82, 2.24) is 5.32 Å². The fourth-order valence-corrected chi connectivity index (χ4v) is 3.27. The summed E-state index contributed by atoms with van der Waals surface area (Å²) in [7, 11) is 0. The summed E-state index contributed by atoms with van der Waals surface area (Å²) in [6.07, 6.45) is 5.70. The Labute approximate surface area is 82.3 Å². The Kier molecular flexibility index (Phi) is 2.64. The quantitative estimate of drug-likeness (QED) is 0.606. The van der Waals surface area contributed by atoms with Crippen LogP contribution in [0.25, 0.3) is 0 Å². The van der Waals surface area contributed by atoms with Gasteiger partial charge in [-0.25, -0.2) is 0 Å². The van der Waals surface area contributed by atoms with Crippen molar-refractivity contribution in [3.05, 3.63) is 0 Å². The molecule has 1 nitrogen and oxygen atoms in total. The molecule has 0 aromatic heterocycles. The third kappa shape index (κ3) is 1.76. The Morgan fingerprint density at radius 2 is 1.69 bits per heavy atom. The Morgan fingerprint density at radius 3 is 2.46 bits per heavy atom. The number of rotatable bonds is 0. The summed E-state index contributed by atoms with van der Waals surface area (Å²) in [6, 6.07) is 1.61. The average molecular weight is 181 g/mol. The predicted molar refractivity (Wildman–Crippen MR) is 56.7 cm³/mol. The Balaban J connectivity index is 2.02. The van der Waals surface area contributed by atoms with Crippen molar-refractivity contribution in [2.45, 2.75) is 58.5 Å². The molecule has 1 saturated heterocycles. The summed E-state index contributed by atoms with van der Waals surface area (Å²) in [4.78, 5) is 0. The second-order valence-corrected chi connectivity index (χ2v) is 5.33. The molecule has 1 saturated carbocycles. The van der Waals surface area contributed by atoms with Gasteiger partial charge in [-0.3, -0.25) is 0 Å². The van der Waals surface area contributed by atoms with E-state index in [-0.39, 0.29) is 0 Å². The fraction of sp³-hybridized carbons (Fsp3) is 1.00. The van der Waals surface area contributed by atoms with E-state index >= 15 is 0 Å². The van der Waals surface area contributed by atoms with Crippen LogP contribution in [0.2, 0.25) is 0 Å². The molecule has 76 valence electrons. The molecule has 1 aliphatic carbocycles. The van der Waals surface area contributed by atoms with Crippen LogP contribution in [0.4, 0.5) is 0 Å². The van der Waals surface area contributed by atoms with Crippen molar-refractivity contribution >= 4 is 0 Å². The smallest absolute Gasteiger partial charge is 0.0101 e. The van der Waals surface area contributed by atoms with Gasteiger partial charge in [0.1, 0.15) is 0 Å². The van der Waals surface area contributed by atoms with Crippen LogP contribution in [0.3, 0.4) is 0 Å². The number of nitrogens with one attached hydrogen (secondary N) is 1. The second-order valence-electron chi connectivity index (χ2n) is 5.33. The number of hydrogen-bond donors (Lipinski definition) is 1. The first-order chi connectivity index (χ1) is 6.18. The molecule has 5 atom stereocenters. The van der Waals surface area contributed by atoms with E-state index in [9.17, 15) is 0 Å². The van der Waals surface area contributed by atoms with Crippen LogP contribution in [0.5, 0.6) is 0 Å². The van der Waals surface area contributed by atoms with Gasteiger partial charge < -0.3 is 5.32 Å². The maximum absolute atomic E-state index is 3.77. The normalized spacial score (nSPS) is 51.5. The molecule has 5 unspecified atom stereocenters. The molecule has 0 radical (unpaired) electrons. The van der Waals surface area contributed by atoms with E-state index in [0.29, 0.717) is 0 Å². The lowest BCUT2D eigenvalue weighted by atomic mass is 9.67. The zero-order valence-electron chi connectivity index (χ0n) is 9.22. The minimum Gasteiger partial charge on any atom is -0.311 e. The molecule has 13 heavy (non-hydrogen) atoms. The van der Waals surface area contributed by atoms with Crippen molar-refractivity contribution in [1.29, 1.82) is 0 Å². The van der Waals surface area contributed by atoms with Gasteiger partial charge in [0.15, 0.2) is 0 Å². The summed E-state index contributed by atoms with van der Waals surface area (Å²) in [5.74, 6) is 2.87. The van der Waals surface area contributed by atoms with Crippen molar-refractivity contribution < 1.29 is 0 Å². The monoisotopic (exact) mass is 181 g/mol. The zero-order valence-corrected chi connectivity index (χ0v) is 9.22. The fourth-order valence-electron chi connectivity index (χ4n) is 3.27. The summed E-state index contributed by atoms with van der Waals surface area (Å²) in [5, 5.41) is 3.77. The minimum atomic E-state index is 0.766. The number of hydrogen-bond acceptors (Lipinski definition) is 1. The summed E-state index contributed by atoms with van der Waals surface area (Å²) < 4.78 is 0. The first-order valence-electron chi connectivity index (χ1n) is 5.94. The molecule has 1 heterocycles. The summed E-state index contributed by atoms with van der Waals surface area (Å²) in [5.41, 5.74) is 0. The number of piperidine rings is 1. The molecule has 2 aliphatic rings. The molecule has 1 N–H and O–H groups in total. The highest BCUT2D eigenvalue weighted by Gasteiger charge is 2.37. The summed E-state index contributed by atoms with van der Waals surface area (Å²) in [6.45, 7) is 7.22. The predicted octanol–water partition coefficient (Wildman–Crippen LogP) is 2.81. The largest absolute Gasteiger partial charge is 0.311 e. The molecule has 0 aromatic rings. The Hall–Kier alpha value is -0.0400. The maximum atomic E-state index is 3.77. The van der Waals surface area contributed by atoms with Gasteiger partial charge in [-0.1, -0.05) is 13.8 Å². The molecule has 0 bridgehead atoms. The third-order valence-corrected chi connectivity index (χ3v) is 4.45. The van der Waals surface area contributed by atoms with Gasteiger partial charge in [-0.05, 0) is 50.4 Å². The van der Waals surface area contributed by atoms with Crippen LogP contribution >= 0.6 is 0 Å². The highest BCUT2D eigenvalue weighted by molar-refractivity contribution is 4.92. The van der Waals surface area contributed by atoms with Crippen LogP contribution in [0, 0.1) is 17.8 Å². The van der Waals surface area contributed by atoms with Gasteiger partial charge >= 0.3 is 0 Å². The first kappa shape index (κ1) is 9.51. The molecule has 0 aromatic carbocycles. The second kappa shape index (κ2) is 3.61. The third-order valence-electron chi connectivity index (χ3n) is 4.45. The topological polar surface area (TPSA) is 12.0 Å². The molecule has 2 fully saturated rings. The van der Waals surface area contributed by atoms with E-state index in [1.807, 2.05) is 0 Å². The van der Waals surface area contributed by atoms with E-state index < -0.39 is 0 Å². The molecule has 2 rings (SSSR count). The van der Waals surface area contributed by atoms with Crippen molar-refractivity contribution in [2.24, 2.45) is 17.8 Å². The molecule has 1 heteroatoms. The SMILES string of the molecule is CC1CCC2C(CCC(C)C2C)N1. The maximum Gasteiger partial charge on any atom is 0.0101 e. The lowest BCUT2D eigenvalue weighted by Crippen LogP contribution is -2.51. The Morgan fingerprint density at radius 1 is 0.923 bits per heavy atom. The van der Waals surface area contributed by atoms with Gasteiger partial charge in [-0.15, -0.1) is 0 Å². The highest BCUT2D eigenvalue weighted by Crippen LogP contribution is 2.39. The highest BCUT2D eigenvalue weighted by atomic mass is 15.0. The van der Waals surface area contributed by atoms with E-state index in [1.54, 1.807) is 0 Å². The molecule has 0 amide bonds. The summed E-state index contributed by atoms with van der Waals surface area (Å²) >= 11 is 0. The van der Waals surface area contributed by atoms with Crippen LogP contribution < -0.4 is 5.32 Å². The van der Waals surface area contributed by atoms with Crippen LogP contribution in [-0.4, -0.2) is 12.1 Å².